The van der Waals surface area contributed by atoms with Crippen molar-refractivity contribution in [2.45, 2.75) is 20.8 Å². The SMILES string of the molecule is CCN(CC)c1ccc(C(N)=O)cc1C.Cl. The van der Waals surface area contributed by atoms with E-state index < -0.39 is 0 Å². The Hall–Kier alpha value is -1.22. The number of primary amides is 1. The van der Waals surface area contributed by atoms with Gasteiger partial charge in [-0.25, -0.2) is 0 Å². The molecule has 3 nitrogen and oxygen atoms in total. The van der Waals surface area contributed by atoms with E-state index in [-0.39, 0.29) is 18.3 Å². The number of aryl methyl sites for hydroxylation is 1. The summed E-state index contributed by atoms with van der Waals surface area (Å²) in [6.45, 7) is 8.16. The highest BCUT2D eigenvalue weighted by Gasteiger charge is 2.07. The standard InChI is InChI=1S/C12H18N2O.ClH/c1-4-14(5-2)11-7-6-10(12(13)15)8-9(11)3;/h6-8H,4-5H2,1-3H3,(H2,13,15);1H. The van der Waals surface area contributed by atoms with E-state index in [9.17, 15) is 4.79 Å². The first-order valence-electron chi connectivity index (χ1n) is 5.25. The van der Waals surface area contributed by atoms with Crippen LogP contribution in [0.15, 0.2) is 18.2 Å². The summed E-state index contributed by atoms with van der Waals surface area (Å²) in [5.41, 5.74) is 8.06. The molecule has 0 spiro atoms. The molecule has 1 aromatic carbocycles. The second-order valence-electron chi connectivity index (χ2n) is 3.54. The Morgan fingerprint density at radius 2 is 1.88 bits per heavy atom. The number of amides is 1. The molecule has 0 radical (unpaired) electrons. The fourth-order valence-corrected chi connectivity index (χ4v) is 1.73. The second kappa shape index (κ2) is 6.38. The second-order valence-corrected chi connectivity index (χ2v) is 3.54. The maximum absolute atomic E-state index is 11.0. The predicted octanol–water partition coefficient (Wildman–Crippen LogP) is 2.36. The average Bonchev–Trinajstić information content (AvgIpc) is 2.21. The summed E-state index contributed by atoms with van der Waals surface area (Å²) in [6, 6.07) is 5.58. The molecule has 1 aromatic rings. The lowest BCUT2D eigenvalue weighted by atomic mass is 10.1. The zero-order chi connectivity index (χ0) is 11.4. The number of benzene rings is 1. The highest BCUT2D eigenvalue weighted by Crippen LogP contribution is 2.20. The lowest BCUT2D eigenvalue weighted by Crippen LogP contribution is -2.23. The fourth-order valence-electron chi connectivity index (χ4n) is 1.73. The van der Waals surface area contributed by atoms with Crippen molar-refractivity contribution in [2.75, 3.05) is 18.0 Å². The first-order valence-corrected chi connectivity index (χ1v) is 5.25. The van der Waals surface area contributed by atoms with Gasteiger partial charge in [-0.2, -0.15) is 0 Å². The van der Waals surface area contributed by atoms with Gasteiger partial charge in [0.25, 0.3) is 0 Å². The number of carbonyl (C=O) groups excluding carboxylic acids is 1. The van der Waals surface area contributed by atoms with Gasteiger partial charge in [0.2, 0.25) is 5.91 Å². The van der Waals surface area contributed by atoms with E-state index in [4.69, 9.17) is 5.73 Å². The number of nitrogens with zero attached hydrogens (tertiary/aromatic N) is 1. The van der Waals surface area contributed by atoms with Gasteiger partial charge in [-0.05, 0) is 44.5 Å². The quantitative estimate of drug-likeness (QED) is 0.881. The highest BCUT2D eigenvalue weighted by atomic mass is 35.5. The molecular formula is C12H19ClN2O. The number of halogens is 1. The van der Waals surface area contributed by atoms with Gasteiger partial charge in [0.05, 0.1) is 0 Å². The van der Waals surface area contributed by atoms with Gasteiger partial charge >= 0.3 is 0 Å². The third kappa shape index (κ3) is 3.14. The summed E-state index contributed by atoms with van der Waals surface area (Å²) >= 11 is 0. The number of hydrogen-bond acceptors (Lipinski definition) is 2. The van der Waals surface area contributed by atoms with E-state index in [1.54, 1.807) is 6.07 Å². The lowest BCUT2D eigenvalue weighted by molar-refractivity contribution is 0.1000. The van der Waals surface area contributed by atoms with Crippen molar-refractivity contribution in [2.24, 2.45) is 5.73 Å². The van der Waals surface area contributed by atoms with Crippen LogP contribution >= 0.6 is 12.4 Å². The number of nitrogens with two attached hydrogens (primary N) is 1. The van der Waals surface area contributed by atoms with Crippen molar-refractivity contribution < 1.29 is 4.79 Å². The Balaban J connectivity index is 0.00000225. The molecule has 0 unspecified atom stereocenters. The van der Waals surface area contributed by atoms with Crippen molar-refractivity contribution in [1.29, 1.82) is 0 Å². The van der Waals surface area contributed by atoms with Gasteiger partial charge in [-0.15, -0.1) is 12.4 Å². The van der Waals surface area contributed by atoms with Crippen LogP contribution in [0.5, 0.6) is 0 Å². The molecule has 4 heteroatoms. The van der Waals surface area contributed by atoms with Crippen LogP contribution in [0.3, 0.4) is 0 Å². The predicted molar refractivity (Wildman–Crippen MR) is 70.5 cm³/mol. The lowest BCUT2D eigenvalue weighted by Gasteiger charge is -2.23. The van der Waals surface area contributed by atoms with Crippen molar-refractivity contribution >= 4 is 24.0 Å². The summed E-state index contributed by atoms with van der Waals surface area (Å²) in [7, 11) is 0. The summed E-state index contributed by atoms with van der Waals surface area (Å²) in [5, 5.41) is 0. The molecule has 16 heavy (non-hydrogen) atoms. The van der Waals surface area contributed by atoms with Crippen LogP contribution in [-0.4, -0.2) is 19.0 Å². The van der Waals surface area contributed by atoms with Crippen LogP contribution in [0.1, 0.15) is 29.8 Å². The zero-order valence-corrected chi connectivity index (χ0v) is 10.8. The molecule has 1 amide bonds. The van der Waals surface area contributed by atoms with Crippen molar-refractivity contribution in [3.8, 4) is 0 Å². The van der Waals surface area contributed by atoms with Crippen LogP contribution in [-0.2, 0) is 0 Å². The van der Waals surface area contributed by atoms with E-state index in [1.807, 2.05) is 19.1 Å². The number of hydrogen-bond donors (Lipinski definition) is 1. The summed E-state index contributed by atoms with van der Waals surface area (Å²) in [5.74, 6) is -0.371. The topological polar surface area (TPSA) is 46.3 Å². The Labute approximate surface area is 103 Å². The molecule has 0 aliphatic carbocycles. The van der Waals surface area contributed by atoms with Crippen LogP contribution in [0.25, 0.3) is 0 Å². The molecule has 0 bridgehead atoms. The molecule has 0 aromatic heterocycles. The van der Waals surface area contributed by atoms with Crippen LogP contribution < -0.4 is 10.6 Å². The Bertz CT molecular complexity index is 362. The van der Waals surface area contributed by atoms with E-state index in [2.05, 4.69) is 18.7 Å². The zero-order valence-electron chi connectivity index (χ0n) is 9.99. The van der Waals surface area contributed by atoms with Crippen molar-refractivity contribution in [1.82, 2.24) is 0 Å². The van der Waals surface area contributed by atoms with Crippen molar-refractivity contribution in [3.63, 3.8) is 0 Å². The summed E-state index contributed by atoms with van der Waals surface area (Å²) in [4.78, 5) is 13.2. The Morgan fingerprint density at radius 3 is 2.25 bits per heavy atom. The number of anilines is 1. The molecule has 0 atom stereocenters. The van der Waals surface area contributed by atoms with Gasteiger partial charge < -0.3 is 10.6 Å². The molecule has 0 aliphatic heterocycles. The largest absolute Gasteiger partial charge is 0.372 e. The van der Waals surface area contributed by atoms with Gasteiger partial charge in [0.15, 0.2) is 0 Å². The van der Waals surface area contributed by atoms with Gasteiger partial charge in [-0.1, -0.05) is 0 Å². The maximum Gasteiger partial charge on any atom is 0.248 e. The monoisotopic (exact) mass is 242 g/mol. The van der Waals surface area contributed by atoms with Crippen LogP contribution in [0.2, 0.25) is 0 Å². The van der Waals surface area contributed by atoms with Gasteiger partial charge in [0.1, 0.15) is 0 Å². The normalized spacial score (nSPS) is 9.44. The molecule has 0 saturated heterocycles. The number of carbonyl (C=O) groups is 1. The molecule has 0 saturated carbocycles. The summed E-state index contributed by atoms with van der Waals surface area (Å²) < 4.78 is 0. The molecule has 0 heterocycles. The van der Waals surface area contributed by atoms with E-state index in [0.717, 1.165) is 18.7 Å². The van der Waals surface area contributed by atoms with E-state index in [1.165, 1.54) is 5.69 Å². The van der Waals surface area contributed by atoms with Gasteiger partial charge in [0, 0.05) is 24.3 Å². The summed E-state index contributed by atoms with van der Waals surface area (Å²) in [6.07, 6.45) is 0. The first-order chi connectivity index (χ1) is 7.10. The molecule has 0 fully saturated rings. The van der Waals surface area contributed by atoms with E-state index >= 15 is 0 Å². The number of rotatable bonds is 4. The minimum Gasteiger partial charge on any atom is -0.372 e. The third-order valence-electron chi connectivity index (χ3n) is 2.59. The third-order valence-corrected chi connectivity index (χ3v) is 2.59. The fraction of sp³-hybridized carbons (Fsp3) is 0.417. The molecule has 2 N–H and O–H groups in total. The van der Waals surface area contributed by atoms with Crippen LogP contribution in [0.4, 0.5) is 5.69 Å². The Kier molecular flexibility index (Phi) is 5.89. The molecule has 90 valence electrons. The first kappa shape index (κ1) is 14.8. The smallest absolute Gasteiger partial charge is 0.248 e. The molecule has 1 rings (SSSR count). The highest BCUT2D eigenvalue weighted by molar-refractivity contribution is 5.93. The maximum atomic E-state index is 11.0. The van der Waals surface area contributed by atoms with Crippen LogP contribution in [0, 0.1) is 6.92 Å². The van der Waals surface area contributed by atoms with Crippen molar-refractivity contribution in [3.05, 3.63) is 29.3 Å². The minimum absolute atomic E-state index is 0. The van der Waals surface area contributed by atoms with Gasteiger partial charge in [-0.3, -0.25) is 4.79 Å². The molecular weight excluding hydrogens is 224 g/mol. The van der Waals surface area contributed by atoms with E-state index in [0.29, 0.717) is 5.56 Å². The molecule has 0 aliphatic rings. The minimum atomic E-state index is -0.371. The average molecular weight is 243 g/mol. The Morgan fingerprint density at radius 1 is 1.31 bits per heavy atom.